The van der Waals surface area contributed by atoms with Crippen molar-refractivity contribution in [2.24, 2.45) is 0 Å². The van der Waals surface area contributed by atoms with Crippen molar-refractivity contribution in [3.63, 3.8) is 0 Å². The van der Waals surface area contributed by atoms with Gasteiger partial charge in [0.1, 0.15) is 0 Å². The van der Waals surface area contributed by atoms with Crippen LogP contribution in [0.2, 0.25) is 0 Å². The maximum Gasteiger partial charge on any atom is 0.310 e. The number of rotatable bonds is 6. The number of allylic oxidation sites excluding steroid dienone is 4. The molecule has 0 radical (unpaired) electrons. The van der Waals surface area contributed by atoms with E-state index in [4.69, 9.17) is 27.9 Å². The average Bonchev–Trinajstić information content (AvgIpc) is 2.23. The summed E-state index contributed by atoms with van der Waals surface area (Å²) >= 11 is 11.5. The molecule has 2 nitrogen and oxygen atoms in total. The van der Waals surface area contributed by atoms with Crippen LogP contribution in [-0.2, 0) is 9.53 Å². The minimum Gasteiger partial charge on any atom is -0.466 e. The highest BCUT2D eigenvalue weighted by atomic mass is 35.5. The van der Waals surface area contributed by atoms with E-state index in [0.29, 0.717) is 17.2 Å². The standard InChI is InChI=1S/C11H14Cl2O2/c1-3-5-6-9(10(13)8-12)7-11(14)15-4-2/h3,5-6H,1,4,7-8H2,2H3/b6-5-,10-9-. The number of ether oxygens (including phenoxy) is 1. The molecule has 0 saturated carbocycles. The van der Waals surface area contributed by atoms with E-state index in [1.54, 1.807) is 25.2 Å². The van der Waals surface area contributed by atoms with Crippen LogP contribution in [0.25, 0.3) is 0 Å². The van der Waals surface area contributed by atoms with Crippen LogP contribution in [0.1, 0.15) is 13.3 Å². The van der Waals surface area contributed by atoms with Crippen molar-refractivity contribution in [3.8, 4) is 0 Å². The molecule has 0 rings (SSSR count). The van der Waals surface area contributed by atoms with Crippen molar-refractivity contribution < 1.29 is 9.53 Å². The summed E-state index contributed by atoms with van der Waals surface area (Å²) in [5.41, 5.74) is 0.657. The zero-order valence-electron chi connectivity index (χ0n) is 8.63. The lowest BCUT2D eigenvalue weighted by Crippen LogP contribution is -2.05. The predicted molar refractivity (Wildman–Crippen MR) is 64.2 cm³/mol. The van der Waals surface area contributed by atoms with Crippen molar-refractivity contribution in [1.82, 2.24) is 0 Å². The van der Waals surface area contributed by atoms with E-state index in [-0.39, 0.29) is 18.3 Å². The van der Waals surface area contributed by atoms with Gasteiger partial charge in [0.25, 0.3) is 0 Å². The average molecular weight is 249 g/mol. The quantitative estimate of drug-likeness (QED) is 0.409. The van der Waals surface area contributed by atoms with E-state index in [0.717, 1.165) is 0 Å². The number of carbonyl (C=O) groups is 1. The van der Waals surface area contributed by atoms with Crippen LogP contribution in [0.3, 0.4) is 0 Å². The second kappa shape index (κ2) is 8.57. The van der Waals surface area contributed by atoms with Crippen LogP contribution in [0.4, 0.5) is 0 Å². The number of alkyl halides is 1. The van der Waals surface area contributed by atoms with Crippen LogP contribution >= 0.6 is 23.2 Å². The van der Waals surface area contributed by atoms with E-state index in [1.807, 2.05) is 0 Å². The zero-order chi connectivity index (χ0) is 11.7. The van der Waals surface area contributed by atoms with E-state index >= 15 is 0 Å². The number of halogens is 2. The first kappa shape index (κ1) is 14.3. The van der Waals surface area contributed by atoms with Crippen LogP contribution in [0, 0.1) is 0 Å². The molecule has 15 heavy (non-hydrogen) atoms. The lowest BCUT2D eigenvalue weighted by molar-refractivity contribution is -0.142. The molecule has 84 valence electrons. The van der Waals surface area contributed by atoms with Gasteiger partial charge in [0.2, 0.25) is 0 Å². The van der Waals surface area contributed by atoms with Gasteiger partial charge in [-0.1, -0.05) is 36.4 Å². The monoisotopic (exact) mass is 248 g/mol. The molecular weight excluding hydrogens is 235 g/mol. The summed E-state index contributed by atoms with van der Waals surface area (Å²) in [4.78, 5) is 11.2. The van der Waals surface area contributed by atoms with Gasteiger partial charge in [0.05, 0.1) is 18.9 Å². The fourth-order valence-electron chi connectivity index (χ4n) is 0.883. The fourth-order valence-corrected chi connectivity index (χ4v) is 1.18. The lowest BCUT2D eigenvalue weighted by Gasteiger charge is -2.04. The van der Waals surface area contributed by atoms with Crippen LogP contribution in [0.15, 0.2) is 35.4 Å². The molecule has 0 amide bonds. The highest BCUT2D eigenvalue weighted by Crippen LogP contribution is 2.17. The third-order valence-corrected chi connectivity index (χ3v) is 2.32. The summed E-state index contributed by atoms with van der Waals surface area (Å²) in [5, 5.41) is 0.447. The number of esters is 1. The molecule has 0 aromatic rings. The van der Waals surface area contributed by atoms with Gasteiger partial charge in [0.15, 0.2) is 0 Å². The third-order valence-electron chi connectivity index (χ3n) is 1.54. The maximum atomic E-state index is 11.2. The van der Waals surface area contributed by atoms with Crippen LogP contribution in [0.5, 0.6) is 0 Å². The first-order valence-corrected chi connectivity index (χ1v) is 5.45. The van der Waals surface area contributed by atoms with Gasteiger partial charge in [0, 0.05) is 5.03 Å². The summed E-state index contributed by atoms with van der Waals surface area (Å²) in [6.07, 6.45) is 5.13. The largest absolute Gasteiger partial charge is 0.466 e. The molecule has 0 spiro atoms. The minimum atomic E-state index is -0.315. The Bertz CT molecular complexity index is 280. The van der Waals surface area contributed by atoms with Crippen LogP contribution in [-0.4, -0.2) is 18.5 Å². The molecule has 0 N–H and O–H groups in total. The second-order valence-electron chi connectivity index (χ2n) is 2.64. The van der Waals surface area contributed by atoms with Crippen LogP contribution < -0.4 is 0 Å². The molecule has 0 aromatic heterocycles. The maximum absolute atomic E-state index is 11.2. The van der Waals surface area contributed by atoms with Gasteiger partial charge in [-0.2, -0.15) is 0 Å². The van der Waals surface area contributed by atoms with Gasteiger partial charge in [-0.3, -0.25) is 4.79 Å². The van der Waals surface area contributed by atoms with Gasteiger partial charge in [-0.05, 0) is 12.5 Å². The summed E-state index contributed by atoms with van der Waals surface area (Å²) in [6.45, 7) is 5.64. The minimum absolute atomic E-state index is 0.129. The fraction of sp³-hybridized carbons (Fsp3) is 0.364. The smallest absolute Gasteiger partial charge is 0.310 e. The summed E-state index contributed by atoms with van der Waals surface area (Å²) in [5.74, 6) is -0.137. The van der Waals surface area contributed by atoms with Gasteiger partial charge in [-0.25, -0.2) is 0 Å². The Balaban J connectivity index is 4.59. The van der Waals surface area contributed by atoms with Gasteiger partial charge < -0.3 is 4.74 Å². The van der Waals surface area contributed by atoms with E-state index in [9.17, 15) is 4.79 Å². The highest BCUT2D eigenvalue weighted by molar-refractivity contribution is 6.36. The molecule has 0 heterocycles. The number of hydrogen-bond acceptors (Lipinski definition) is 2. The van der Waals surface area contributed by atoms with Crippen molar-refractivity contribution in [3.05, 3.63) is 35.4 Å². The topological polar surface area (TPSA) is 26.3 Å². The molecule has 0 aliphatic carbocycles. The second-order valence-corrected chi connectivity index (χ2v) is 3.36. The highest BCUT2D eigenvalue weighted by Gasteiger charge is 2.08. The Hall–Kier alpha value is -0.730. The Labute approximate surface area is 100 Å². The summed E-state index contributed by atoms with van der Waals surface area (Å²) in [7, 11) is 0. The van der Waals surface area contributed by atoms with Crippen molar-refractivity contribution >= 4 is 29.2 Å². The molecule has 0 fully saturated rings. The first-order chi connectivity index (χ1) is 7.15. The Morgan fingerprint density at radius 2 is 2.20 bits per heavy atom. The Morgan fingerprint density at radius 3 is 2.67 bits per heavy atom. The van der Waals surface area contributed by atoms with E-state index < -0.39 is 0 Å². The normalized spacial score (nSPS) is 12.5. The van der Waals surface area contributed by atoms with E-state index in [2.05, 4.69) is 6.58 Å². The molecule has 0 bridgehead atoms. The molecular formula is C11H14Cl2O2. The molecule has 4 heteroatoms. The lowest BCUT2D eigenvalue weighted by atomic mass is 10.1. The predicted octanol–water partition coefficient (Wildman–Crippen LogP) is 3.41. The Kier molecular flexibility index (Phi) is 8.15. The molecule has 0 aliphatic rings. The molecule has 0 aromatic carbocycles. The van der Waals surface area contributed by atoms with Crippen molar-refractivity contribution in [1.29, 1.82) is 0 Å². The zero-order valence-corrected chi connectivity index (χ0v) is 10.1. The summed E-state index contributed by atoms with van der Waals surface area (Å²) in [6, 6.07) is 0. The number of hydrogen-bond donors (Lipinski definition) is 0. The molecule has 0 atom stereocenters. The molecule has 0 aliphatic heterocycles. The first-order valence-electron chi connectivity index (χ1n) is 4.53. The third kappa shape index (κ3) is 6.37. The number of carbonyl (C=O) groups excluding carboxylic acids is 1. The molecule has 0 unspecified atom stereocenters. The molecule has 0 saturated heterocycles. The summed E-state index contributed by atoms with van der Waals surface area (Å²) < 4.78 is 4.81. The Morgan fingerprint density at radius 1 is 1.53 bits per heavy atom. The van der Waals surface area contributed by atoms with Gasteiger partial charge >= 0.3 is 5.97 Å². The van der Waals surface area contributed by atoms with Crippen molar-refractivity contribution in [2.75, 3.05) is 12.5 Å². The van der Waals surface area contributed by atoms with E-state index in [1.165, 1.54) is 0 Å². The van der Waals surface area contributed by atoms with Crippen molar-refractivity contribution in [2.45, 2.75) is 13.3 Å². The SMILES string of the molecule is C=C/C=C\C(CC(=O)OCC)=C(\Cl)CCl. The van der Waals surface area contributed by atoms with Gasteiger partial charge in [-0.15, -0.1) is 11.6 Å².